The summed E-state index contributed by atoms with van der Waals surface area (Å²) in [6.07, 6.45) is 5.46. The molecule has 2 aromatic carbocycles. The minimum absolute atomic E-state index is 0.0408. The second-order valence-corrected chi connectivity index (χ2v) is 8.17. The summed E-state index contributed by atoms with van der Waals surface area (Å²) in [6, 6.07) is 8.46. The van der Waals surface area contributed by atoms with Crippen molar-refractivity contribution in [3.05, 3.63) is 47.5 Å². The van der Waals surface area contributed by atoms with Crippen molar-refractivity contribution in [2.24, 2.45) is 0 Å². The highest BCUT2D eigenvalue weighted by Gasteiger charge is 2.42. The monoisotopic (exact) mass is 401 g/mol. The number of anilines is 1. The number of halogens is 2. The van der Waals surface area contributed by atoms with Gasteiger partial charge in [-0.2, -0.15) is 0 Å². The number of fused-ring (bicyclic) bond motifs is 1. The van der Waals surface area contributed by atoms with Crippen molar-refractivity contribution < 1.29 is 23.4 Å². The summed E-state index contributed by atoms with van der Waals surface area (Å²) in [4.78, 5) is 12.1. The Hall–Kier alpha value is -2.63. The first-order valence-electron chi connectivity index (χ1n) is 10.1. The van der Waals surface area contributed by atoms with Gasteiger partial charge in [-0.1, -0.05) is 18.2 Å². The Kier molecular flexibility index (Phi) is 5.19. The molecule has 4 rings (SSSR count). The Morgan fingerprint density at radius 2 is 1.90 bits per heavy atom. The lowest BCUT2D eigenvalue weighted by Crippen LogP contribution is -2.30. The van der Waals surface area contributed by atoms with E-state index in [0.29, 0.717) is 17.5 Å². The molecule has 0 atom stereocenters. The predicted molar refractivity (Wildman–Crippen MR) is 107 cm³/mol. The molecule has 0 unspecified atom stereocenters. The van der Waals surface area contributed by atoms with Gasteiger partial charge >= 0.3 is 5.97 Å². The number of ether oxygens (including phenoxy) is 1. The maximum atomic E-state index is 14.8. The summed E-state index contributed by atoms with van der Waals surface area (Å²) in [5.41, 5.74) is 1.97. The van der Waals surface area contributed by atoms with Gasteiger partial charge in [0.2, 0.25) is 0 Å². The zero-order valence-corrected chi connectivity index (χ0v) is 16.5. The topological polar surface area (TPSA) is 49.8 Å². The summed E-state index contributed by atoms with van der Waals surface area (Å²) in [6.45, 7) is 0.256. The van der Waals surface area contributed by atoms with Crippen LogP contribution in [0.2, 0.25) is 0 Å². The van der Waals surface area contributed by atoms with Crippen LogP contribution in [0.1, 0.15) is 44.1 Å². The van der Waals surface area contributed by atoms with Crippen molar-refractivity contribution >= 4 is 11.7 Å². The van der Waals surface area contributed by atoms with E-state index in [2.05, 4.69) is 0 Å². The lowest BCUT2D eigenvalue weighted by Gasteiger charge is -2.23. The molecule has 1 fully saturated rings. The number of para-hydroxylation sites is 1. The average Bonchev–Trinajstić information content (AvgIpc) is 3.26. The number of rotatable bonds is 6. The van der Waals surface area contributed by atoms with Gasteiger partial charge in [0.1, 0.15) is 28.7 Å². The van der Waals surface area contributed by atoms with E-state index in [4.69, 9.17) is 9.84 Å². The van der Waals surface area contributed by atoms with Crippen molar-refractivity contribution in [1.82, 2.24) is 0 Å². The van der Waals surface area contributed by atoms with Crippen molar-refractivity contribution in [2.75, 3.05) is 18.5 Å². The van der Waals surface area contributed by atoms with Gasteiger partial charge in [0, 0.05) is 32.0 Å². The van der Waals surface area contributed by atoms with E-state index in [-0.39, 0.29) is 24.3 Å². The molecule has 0 saturated heterocycles. The van der Waals surface area contributed by atoms with Crippen molar-refractivity contribution in [3.63, 3.8) is 0 Å². The maximum absolute atomic E-state index is 14.8. The first-order valence-corrected chi connectivity index (χ1v) is 10.1. The highest BCUT2D eigenvalue weighted by Crippen LogP contribution is 2.48. The third kappa shape index (κ3) is 3.80. The highest BCUT2D eigenvalue weighted by molar-refractivity contribution is 5.75. The zero-order valence-electron chi connectivity index (χ0n) is 16.5. The number of hydrogen-bond donors (Lipinski definition) is 1. The van der Waals surface area contributed by atoms with E-state index in [1.165, 1.54) is 17.0 Å². The first-order chi connectivity index (χ1) is 13.9. The fraction of sp³-hybridized carbons (Fsp3) is 0.435. The average molecular weight is 401 g/mol. The zero-order chi connectivity index (χ0) is 20.6. The predicted octanol–water partition coefficient (Wildman–Crippen LogP) is 5.18. The second-order valence-electron chi connectivity index (χ2n) is 8.17. The molecule has 1 spiro atoms. The van der Waals surface area contributed by atoms with Crippen LogP contribution in [0.15, 0.2) is 30.3 Å². The van der Waals surface area contributed by atoms with Gasteiger partial charge in [0.25, 0.3) is 0 Å². The summed E-state index contributed by atoms with van der Waals surface area (Å²) in [5, 5.41) is 8.74. The van der Waals surface area contributed by atoms with Crippen molar-refractivity contribution in [3.8, 4) is 16.9 Å². The number of nitrogens with zero attached hydrogens (tertiary/aromatic N) is 1. The molecule has 29 heavy (non-hydrogen) atoms. The normalized spacial score (nSPS) is 16.7. The van der Waals surface area contributed by atoms with Crippen LogP contribution in [0.25, 0.3) is 11.1 Å². The van der Waals surface area contributed by atoms with Crippen LogP contribution in [-0.4, -0.2) is 30.3 Å². The molecule has 1 saturated carbocycles. The van der Waals surface area contributed by atoms with E-state index in [9.17, 15) is 13.6 Å². The van der Waals surface area contributed by atoms with Crippen molar-refractivity contribution in [2.45, 2.75) is 50.5 Å². The van der Waals surface area contributed by atoms with Crippen LogP contribution in [0, 0.1) is 11.6 Å². The first kappa shape index (κ1) is 19.7. The van der Waals surface area contributed by atoms with Gasteiger partial charge in [-0.3, -0.25) is 4.79 Å². The molecule has 1 aliphatic heterocycles. The minimum atomic E-state index is -0.923. The Bertz CT molecular complexity index is 915. The van der Waals surface area contributed by atoms with E-state index in [1.807, 2.05) is 18.2 Å². The lowest BCUT2D eigenvalue weighted by atomic mass is 9.94. The van der Waals surface area contributed by atoms with Crippen LogP contribution < -0.4 is 9.64 Å². The summed E-state index contributed by atoms with van der Waals surface area (Å²) < 4.78 is 36.0. The van der Waals surface area contributed by atoms with Gasteiger partial charge in [-0.15, -0.1) is 0 Å². The molecule has 154 valence electrons. The number of hydrogen-bond acceptors (Lipinski definition) is 3. The molecule has 1 heterocycles. The number of carboxylic acids is 1. The smallest absolute Gasteiger partial charge is 0.303 e. The Labute approximate surface area is 169 Å². The SMILES string of the molecule is CN(CCCC(=O)O)c1c(F)cc(-c2cccc3c2OC2(CCCC2)C3)cc1F. The van der Waals surface area contributed by atoms with Crippen LogP contribution >= 0.6 is 0 Å². The van der Waals surface area contributed by atoms with E-state index < -0.39 is 17.6 Å². The molecule has 0 bridgehead atoms. The summed E-state index contributed by atoms with van der Waals surface area (Å²) in [7, 11) is 1.57. The minimum Gasteiger partial charge on any atom is -0.486 e. The molecule has 1 N–H and O–H groups in total. The van der Waals surface area contributed by atoms with Gasteiger partial charge in [-0.05, 0) is 55.4 Å². The fourth-order valence-electron chi connectivity index (χ4n) is 4.63. The van der Waals surface area contributed by atoms with E-state index in [1.54, 1.807) is 7.05 Å². The number of aliphatic carboxylic acids is 1. The van der Waals surface area contributed by atoms with Crippen LogP contribution in [-0.2, 0) is 11.2 Å². The van der Waals surface area contributed by atoms with Gasteiger partial charge < -0.3 is 14.7 Å². The quantitative estimate of drug-likeness (QED) is 0.725. The van der Waals surface area contributed by atoms with E-state index >= 15 is 0 Å². The molecule has 6 heteroatoms. The highest BCUT2D eigenvalue weighted by atomic mass is 19.1. The Balaban J connectivity index is 1.62. The molecular formula is C23H25F2NO3. The molecule has 0 aromatic heterocycles. The Morgan fingerprint density at radius 3 is 2.55 bits per heavy atom. The molecule has 2 aromatic rings. The second kappa shape index (κ2) is 7.65. The van der Waals surface area contributed by atoms with E-state index in [0.717, 1.165) is 43.4 Å². The maximum Gasteiger partial charge on any atom is 0.303 e. The number of benzene rings is 2. The Morgan fingerprint density at radius 1 is 1.21 bits per heavy atom. The fourth-order valence-corrected chi connectivity index (χ4v) is 4.63. The molecule has 0 amide bonds. The molecule has 4 nitrogen and oxygen atoms in total. The van der Waals surface area contributed by atoms with Crippen LogP contribution in [0.5, 0.6) is 5.75 Å². The van der Waals surface area contributed by atoms with Gasteiger partial charge in [0.05, 0.1) is 0 Å². The molecular weight excluding hydrogens is 376 g/mol. The molecule has 2 aliphatic rings. The van der Waals surface area contributed by atoms with Crippen LogP contribution in [0.3, 0.4) is 0 Å². The largest absolute Gasteiger partial charge is 0.486 e. The van der Waals surface area contributed by atoms with Crippen molar-refractivity contribution in [1.29, 1.82) is 0 Å². The number of carboxylic acid groups (broad SMARTS) is 1. The van der Waals surface area contributed by atoms with Crippen LogP contribution in [0.4, 0.5) is 14.5 Å². The standard InChI is InChI=1S/C23H25F2NO3/c1-26(11-5-8-20(27)28)21-18(24)12-16(13-19(21)25)17-7-4-6-15-14-23(29-22(15)17)9-2-3-10-23/h4,6-7,12-13H,2-3,5,8-11,14H2,1H3,(H,27,28). The van der Waals surface area contributed by atoms with Gasteiger partial charge in [0.15, 0.2) is 0 Å². The third-order valence-electron chi connectivity index (χ3n) is 6.04. The lowest BCUT2D eigenvalue weighted by molar-refractivity contribution is -0.137. The summed E-state index contributed by atoms with van der Waals surface area (Å²) >= 11 is 0. The molecule has 0 radical (unpaired) electrons. The van der Waals surface area contributed by atoms with Gasteiger partial charge in [-0.25, -0.2) is 8.78 Å². The summed E-state index contributed by atoms with van der Waals surface area (Å²) in [5.74, 6) is -1.50. The number of carbonyl (C=O) groups is 1. The molecule has 1 aliphatic carbocycles. The third-order valence-corrected chi connectivity index (χ3v) is 6.04.